The third-order valence-corrected chi connectivity index (χ3v) is 4.25. The highest BCUT2D eigenvalue weighted by Gasteiger charge is 2.34. The first kappa shape index (κ1) is 16.4. The van der Waals surface area contributed by atoms with Gasteiger partial charge in [0.1, 0.15) is 0 Å². The van der Waals surface area contributed by atoms with Crippen LogP contribution in [0.4, 0.5) is 0 Å². The minimum atomic E-state index is -0.236. The predicted molar refractivity (Wildman–Crippen MR) is 90.1 cm³/mol. The number of benzene rings is 1. The predicted octanol–water partition coefficient (Wildman–Crippen LogP) is 0.627. The number of hydrogen-bond donors (Lipinski definition) is 2. The molecule has 2 heterocycles. The monoisotopic (exact) mass is 330 g/mol. The van der Waals surface area contributed by atoms with Gasteiger partial charge in [-0.2, -0.15) is 0 Å². The van der Waals surface area contributed by atoms with Crippen LogP contribution in [0.5, 0.6) is 0 Å². The topological polar surface area (TPSA) is 83.0 Å². The molecule has 128 valence electrons. The Balaban J connectivity index is 1.47. The minimum Gasteiger partial charge on any atom is -0.376 e. The molecule has 2 N–H and O–H groups in total. The normalized spacial score (nSPS) is 20.5. The molecule has 1 saturated heterocycles. The van der Waals surface area contributed by atoms with E-state index in [2.05, 4.69) is 15.6 Å². The van der Waals surface area contributed by atoms with Crippen molar-refractivity contribution in [2.75, 3.05) is 33.3 Å². The maximum Gasteiger partial charge on any atom is 0.261 e. The summed E-state index contributed by atoms with van der Waals surface area (Å²) in [6, 6.07) is 6.90. The zero-order chi connectivity index (χ0) is 16.9. The smallest absolute Gasteiger partial charge is 0.261 e. The first-order valence-corrected chi connectivity index (χ1v) is 8.22. The lowest BCUT2D eigenvalue weighted by molar-refractivity contribution is 0.0657. The van der Waals surface area contributed by atoms with Crippen molar-refractivity contribution in [3.63, 3.8) is 0 Å². The molecule has 1 aromatic rings. The number of guanidine groups is 1. The van der Waals surface area contributed by atoms with Gasteiger partial charge in [-0.15, -0.1) is 0 Å². The quantitative estimate of drug-likeness (QED) is 0.470. The Hall–Kier alpha value is -2.41. The molecule has 7 nitrogen and oxygen atoms in total. The summed E-state index contributed by atoms with van der Waals surface area (Å²) in [5, 5.41) is 6.33. The number of carbonyl (C=O) groups is 2. The molecule has 7 heteroatoms. The number of fused-ring (bicyclic) bond motifs is 1. The van der Waals surface area contributed by atoms with Crippen LogP contribution in [0.1, 0.15) is 33.6 Å². The number of carbonyl (C=O) groups excluding carboxylic acids is 2. The van der Waals surface area contributed by atoms with E-state index in [1.165, 1.54) is 4.90 Å². The fourth-order valence-corrected chi connectivity index (χ4v) is 2.96. The maximum atomic E-state index is 12.3. The Kier molecular flexibility index (Phi) is 5.10. The fraction of sp³-hybridized carbons (Fsp3) is 0.471. The van der Waals surface area contributed by atoms with E-state index in [1.807, 2.05) is 0 Å². The molecule has 0 spiro atoms. The van der Waals surface area contributed by atoms with Gasteiger partial charge >= 0.3 is 0 Å². The molecule has 0 aromatic heterocycles. The Morgan fingerprint density at radius 3 is 2.54 bits per heavy atom. The van der Waals surface area contributed by atoms with Gasteiger partial charge in [-0.05, 0) is 25.0 Å². The third-order valence-electron chi connectivity index (χ3n) is 4.25. The molecule has 0 saturated carbocycles. The lowest BCUT2D eigenvalue weighted by Crippen LogP contribution is -2.44. The molecule has 1 aromatic carbocycles. The Labute approximate surface area is 141 Å². The molecule has 0 radical (unpaired) electrons. The van der Waals surface area contributed by atoms with Crippen molar-refractivity contribution in [1.82, 2.24) is 15.5 Å². The molecule has 2 aliphatic rings. The highest BCUT2D eigenvalue weighted by molar-refractivity contribution is 6.21. The molecule has 1 atom stereocenters. The fourth-order valence-electron chi connectivity index (χ4n) is 2.96. The molecule has 2 amide bonds. The van der Waals surface area contributed by atoms with E-state index in [0.29, 0.717) is 36.7 Å². The standard InChI is InChI=1S/C17H22N4O3/c1-18-17(20-11-12-5-4-10-24-12)19-8-9-21-15(22)13-6-2-3-7-14(13)16(21)23/h2-3,6-7,12H,4-5,8-11H2,1H3,(H2,18,19,20). The van der Waals surface area contributed by atoms with Crippen molar-refractivity contribution in [2.45, 2.75) is 18.9 Å². The second kappa shape index (κ2) is 7.44. The van der Waals surface area contributed by atoms with Gasteiger partial charge in [0, 0.05) is 33.3 Å². The molecular formula is C17H22N4O3. The van der Waals surface area contributed by atoms with Crippen molar-refractivity contribution in [3.8, 4) is 0 Å². The molecule has 1 unspecified atom stereocenters. The summed E-state index contributed by atoms with van der Waals surface area (Å²) in [7, 11) is 1.69. The Morgan fingerprint density at radius 1 is 1.25 bits per heavy atom. The number of nitrogens with zero attached hydrogens (tertiary/aromatic N) is 2. The number of nitrogens with one attached hydrogen (secondary N) is 2. The van der Waals surface area contributed by atoms with Gasteiger partial charge in [0.05, 0.1) is 17.2 Å². The van der Waals surface area contributed by atoms with Crippen LogP contribution < -0.4 is 10.6 Å². The molecule has 24 heavy (non-hydrogen) atoms. The molecular weight excluding hydrogens is 308 g/mol. The molecule has 2 aliphatic heterocycles. The summed E-state index contributed by atoms with van der Waals surface area (Å²) in [6.45, 7) is 2.26. The summed E-state index contributed by atoms with van der Waals surface area (Å²) >= 11 is 0. The van der Waals surface area contributed by atoms with Crippen LogP contribution in [-0.2, 0) is 4.74 Å². The number of amides is 2. The largest absolute Gasteiger partial charge is 0.376 e. The van der Waals surface area contributed by atoms with E-state index in [1.54, 1.807) is 31.3 Å². The van der Waals surface area contributed by atoms with E-state index < -0.39 is 0 Å². The van der Waals surface area contributed by atoms with Gasteiger partial charge in [0.15, 0.2) is 5.96 Å². The highest BCUT2D eigenvalue weighted by atomic mass is 16.5. The maximum absolute atomic E-state index is 12.3. The van der Waals surface area contributed by atoms with Crippen LogP contribution in [0.15, 0.2) is 29.3 Å². The number of hydrogen-bond acceptors (Lipinski definition) is 4. The van der Waals surface area contributed by atoms with Gasteiger partial charge in [0.25, 0.3) is 11.8 Å². The first-order valence-electron chi connectivity index (χ1n) is 8.22. The summed E-state index contributed by atoms with van der Waals surface area (Å²) in [4.78, 5) is 29.9. The average molecular weight is 330 g/mol. The second-order valence-corrected chi connectivity index (χ2v) is 5.82. The van der Waals surface area contributed by atoms with Crippen LogP contribution in [0.3, 0.4) is 0 Å². The summed E-state index contributed by atoms with van der Waals surface area (Å²) in [5.74, 6) is 0.168. The summed E-state index contributed by atoms with van der Waals surface area (Å²) < 4.78 is 5.55. The van der Waals surface area contributed by atoms with Crippen molar-refractivity contribution in [3.05, 3.63) is 35.4 Å². The van der Waals surface area contributed by atoms with Crippen molar-refractivity contribution in [1.29, 1.82) is 0 Å². The SMILES string of the molecule is CN=C(NCCN1C(=O)c2ccccc2C1=O)NCC1CCCO1. The number of aliphatic imine (C=N–C) groups is 1. The van der Waals surface area contributed by atoms with Crippen LogP contribution in [0.25, 0.3) is 0 Å². The number of imide groups is 1. The van der Waals surface area contributed by atoms with E-state index >= 15 is 0 Å². The zero-order valence-corrected chi connectivity index (χ0v) is 13.7. The third kappa shape index (κ3) is 3.41. The lowest BCUT2D eigenvalue weighted by Gasteiger charge is -2.17. The number of ether oxygens (including phenoxy) is 1. The van der Waals surface area contributed by atoms with Crippen molar-refractivity contribution >= 4 is 17.8 Å². The highest BCUT2D eigenvalue weighted by Crippen LogP contribution is 2.21. The Morgan fingerprint density at radius 2 is 1.96 bits per heavy atom. The molecule has 3 rings (SSSR count). The van der Waals surface area contributed by atoms with Gasteiger partial charge in [-0.25, -0.2) is 0 Å². The molecule has 1 fully saturated rings. The van der Waals surface area contributed by atoms with Crippen LogP contribution in [0, 0.1) is 0 Å². The Bertz CT molecular complexity index is 618. The van der Waals surface area contributed by atoms with Gasteiger partial charge in [-0.3, -0.25) is 19.5 Å². The second-order valence-electron chi connectivity index (χ2n) is 5.82. The van der Waals surface area contributed by atoms with Crippen molar-refractivity contribution in [2.24, 2.45) is 4.99 Å². The van der Waals surface area contributed by atoms with Crippen LogP contribution in [-0.4, -0.2) is 62.1 Å². The van der Waals surface area contributed by atoms with E-state index in [-0.39, 0.29) is 17.9 Å². The van der Waals surface area contributed by atoms with Crippen LogP contribution >= 0.6 is 0 Å². The molecule has 0 aliphatic carbocycles. The van der Waals surface area contributed by atoms with Crippen LogP contribution in [0.2, 0.25) is 0 Å². The van der Waals surface area contributed by atoms with Crippen molar-refractivity contribution < 1.29 is 14.3 Å². The zero-order valence-electron chi connectivity index (χ0n) is 13.7. The van der Waals surface area contributed by atoms with Gasteiger partial charge in [0.2, 0.25) is 0 Å². The van der Waals surface area contributed by atoms with E-state index in [9.17, 15) is 9.59 Å². The minimum absolute atomic E-state index is 0.222. The van der Waals surface area contributed by atoms with E-state index in [4.69, 9.17) is 4.74 Å². The first-order chi connectivity index (χ1) is 11.7. The summed E-state index contributed by atoms with van der Waals surface area (Å²) in [5.41, 5.74) is 0.951. The lowest BCUT2D eigenvalue weighted by atomic mass is 10.1. The van der Waals surface area contributed by atoms with Gasteiger partial charge < -0.3 is 15.4 Å². The number of rotatable bonds is 5. The van der Waals surface area contributed by atoms with Gasteiger partial charge in [-0.1, -0.05) is 12.1 Å². The average Bonchev–Trinajstić information content (AvgIpc) is 3.21. The summed E-state index contributed by atoms with van der Waals surface area (Å²) in [6.07, 6.45) is 2.37. The van der Waals surface area contributed by atoms with E-state index in [0.717, 1.165) is 19.4 Å². The molecule has 0 bridgehead atoms.